The van der Waals surface area contributed by atoms with E-state index in [9.17, 15) is 14.4 Å². The predicted octanol–water partition coefficient (Wildman–Crippen LogP) is 3.29. The van der Waals surface area contributed by atoms with E-state index in [0.717, 1.165) is 10.6 Å². The van der Waals surface area contributed by atoms with Gasteiger partial charge in [-0.05, 0) is 42.1 Å². The van der Waals surface area contributed by atoms with E-state index in [4.69, 9.17) is 23.2 Å². The van der Waals surface area contributed by atoms with Crippen LogP contribution in [0.1, 0.15) is 31.0 Å². The molecule has 6 nitrogen and oxygen atoms in total. The highest BCUT2D eigenvalue weighted by Gasteiger charge is 2.27. The molecule has 0 radical (unpaired) electrons. The number of aryl methyl sites for hydroxylation is 1. The average Bonchev–Trinajstić information content (AvgIpc) is 2.54. The van der Waals surface area contributed by atoms with Crippen LogP contribution in [0.4, 0.5) is 4.39 Å². The van der Waals surface area contributed by atoms with E-state index in [1.165, 1.54) is 0 Å². The van der Waals surface area contributed by atoms with Crippen molar-refractivity contribution in [2.45, 2.75) is 26.7 Å². The molecule has 3 aromatic rings. The van der Waals surface area contributed by atoms with E-state index in [2.05, 4.69) is 9.97 Å². The summed E-state index contributed by atoms with van der Waals surface area (Å²) in [5.74, 6) is -0.992. The molecule has 0 aliphatic heterocycles. The van der Waals surface area contributed by atoms with Crippen molar-refractivity contribution >= 4 is 34.2 Å². The van der Waals surface area contributed by atoms with Crippen LogP contribution in [0.15, 0.2) is 23.1 Å². The summed E-state index contributed by atoms with van der Waals surface area (Å²) in [4.78, 5) is 20.6. The van der Waals surface area contributed by atoms with Crippen molar-refractivity contribution in [3.05, 3.63) is 61.4 Å². The largest absolute Gasteiger partial charge is 0.709 e. The van der Waals surface area contributed by atoms with Gasteiger partial charge in [-0.2, -0.15) is 4.98 Å². The third-order valence-electron chi connectivity index (χ3n) is 3.82. The van der Waals surface area contributed by atoms with E-state index in [0.29, 0.717) is 16.9 Å². The summed E-state index contributed by atoms with van der Waals surface area (Å²) in [5.41, 5.74) is 0.723. The van der Waals surface area contributed by atoms with Gasteiger partial charge < -0.3 is 5.21 Å². The molecule has 0 unspecified atom stereocenters. The van der Waals surface area contributed by atoms with Gasteiger partial charge in [0.1, 0.15) is 5.39 Å². The number of hydrogen-bond donors (Lipinski definition) is 0. The van der Waals surface area contributed by atoms with Crippen molar-refractivity contribution in [1.29, 1.82) is 0 Å². The SMILES string of the molecule is Cc1ccnc(C(C)C)c1-n1c(=O)nc(Cl)c2cc(F)c(Cl)[n+]([O-])c21. The van der Waals surface area contributed by atoms with Gasteiger partial charge in [-0.25, -0.2) is 13.9 Å². The van der Waals surface area contributed by atoms with Gasteiger partial charge in [0.25, 0.3) is 0 Å². The summed E-state index contributed by atoms with van der Waals surface area (Å²) in [5, 5.41) is 11.5. The van der Waals surface area contributed by atoms with Gasteiger partial charge in [-0.3, -0.25) is 4.98 Å². The average molecular weight is 383 g/mol. The highest BCUT2D eigenvalue weighted by Crippen LogP contribution is 2.28. The fourth-order valence-electron chi connectivity index (χ4n) is 2.68. The molecule has 3 aromatic heterocycles. The fourth-order valence-corrected chi connectivity index (χ4v) is 3.03. The molecule has 0 bridgehead atoms. The van der Waals surface area contributed by atoms with Gasteiger partial charge in [-0.1, -0.05) is 25.4 Å². The van der Waals surface area contributed by atoms with Crippen LogP contribution in [0.25, 0.3) is 16.7 Å². The quantitative estimate of drug-likeness (QED) is 0.295. The number of halogens is 3. The highest BCUT2D eigenvalue weighted by molar-refractivity contribution is 6.34. The molecule has 0 aromatic carbocycles. The molecule has 25 heavy (non-hydrogen) atoms. The summed E-state index contributed by atoms with van der Waals surface area (Å²) in [7, 11) is 0. The number of hydrogen-bond acceptors (Lipinski definition) is 4. The molecule has 0 spiro atoms. The second-order valence-corrected chi connectivity index (χ2v) is 6.57. The summed E-state index contributed by atoms with van der Waals surface area (Å²) < 4.78 is 15.1. The lowest BCUT2D eigenvalue weighted by Gasteiger charge is -2.16. The maximum absolute atomic E-state index is 13.9. The number of pyridine rings is 2. The molecule has 0 atom stereocenters. The van der Waals surface area contributed by atoms with Gasteiger partial charge in [0, 0.05) is 6.20 Å². The Hall–Kier alpha value is -2.25. The molecular weight excluding hydrogens is 370 g/mol. The lowest BCUT2D eigenvalue weighted by molar-refractivity contribution is -0.579. The Morgan fingerprint density at radius 2 is 2.04 bits per heavy atom. The molecule has 0 saturated heterocycles. The second-order valence-electron chi connectivity index (χ2n) is 5.85. The van der Waals surface area contributed by atoms with Crippen LogP contribution in [0.5, 0.6) is 0 Å². The number of rotatable bonds is 2. The van der Waals surface area contributed by atoms with Gasteiger partial charge in [-0.15, -0.1) is 4.57 Å². The summed E-state index contributed by atoms with van der Waals surface area (Å²) in [6, 6.07) is 2.69. The van der Waals surface area contributed by atoms with Gasteiger partial charge >= 0.3 is 11.3 Å². The Balaban J connectivity index is 2.60. The monoisotopic (exact) mass is 382 g/mol. The second kappa shape index (κ2) is 6.24. The first-order valence-electron chi connectivity index (χ1n) is 7.39. The summed E-state index contributed by atoms with van der Waals surface area (Å²) in [6.07, 6.45) is 1.61. The minimum absolute atomic E-state index is 0.0175. The summed E-state index contributed by atoms with van der Waals surface area (Å²) in [6.45, 7) is 5.58. The molecule has 3 heterocycles. The van der Waals surface area contributed by atoms with Crippen molar-refractivity contribution in [2.75, 3.05) is 0 Å². The molecule has 0 aliphatic rings. The zero-order valence-electron chi connectivity index (χ0n) is 13.5. The lowest BCUT2D eigenvalue weighted by atomic mass is 10.0. The third kappa shape index (κ3) is 2.73. The van der Waals surface area contributed by atoms with Crippen molar-refractivity contribution in [1.82, 2.24) is 14.5 Å². The van der Waals surface area contributed by atoms with Crippen molar-refractivity contribution in [3.8, 4) is 5.69 Å². The molecule has 3 rings (SSSR count). The van der Waals surface area contributed by atoms with E-state index in [1.807, 2.05) is 13.8 Å². The Labute approximate surface area is 152 Å². The normalized spacial score (nSPS) is 11.5. The van der Waals surface area contributed by atoms with Crippen LogP contribution in [0.2, 0.25) is 10.3 Å². The first-order chi connectivity index (χ1) is 11.7. The Kier molecular flexibility index (Phi) is 4.38. The number of nitrogens with zero attached hydrogens (tertiary/aromatic N) is 4. The van der Waals surface area contributed by atoms with Crippen LogP contribution < -0.4 is 10.4 Å². The predicted molar refractivity (Wildman–Crippen MR) is 92.9 cm³/mol. The van der Waals surface area contributed by atoms with Crippen LogP contribution in [0.3, 0.4) is 0 Å². The first kappa shape index (κ1) is 17.6. The van der Waals surface area contributed by atoms with E-state index in [1.54, 1.807) is 19.2 Å². The zero-order chi connectivity index (χ0) is 18.5. The van der Waals surface area contributed by atoms with Crippen LogP contribution in [-0.4, -0.2) is 14.5 Å². The van der Waals surface area contributed by atoms with E-state index < -0.39 is 16.7 Å². The van der Waals surface area contributed by atoms with Crippen molar-refractivity contribution in [3.63, 3.8) is 0 Å². The van der Waals surface area contributed by atoms with Crippen molar-refractivity contribution < 1.29 is 9.12 Å². The molecule has 0 fully saturated rings. The van der Waals surface area contributed by atoms with Crippen LogP contribution in [0, 0.1) is 17.9 Å². The first-order valence-corrected chi connectivity index (χ1v) is 8.15. The van der Waals surface area contributed by atoms with Crippen LogP contribution >= 0.6 is 23.2 Å². The van der Waals surface area contributed by atoms with Gasteiger partial charge in [0.2, 0.25) is 5.15 Å². The van der Waals surface area contributed by atoms with Gasteiger partial charge in [0.15, 0.2) is 16.7 Å². The molecule has 130 valence electrons. The van der Waals surface area contributed by atoms with E-state index in [-0.39, 0.29) is 26.8 Å². The molecule has 0 amide bonds. The topological polar surface area (TPSA) is 74.7 Å². The Bertz CT molecular complexity index is 1070. The standard InChI is InChI=1S/C16H13Cl2FN4O2/c1-7(2)11-12(8(3)4-5-20-11)22-15-9(13(17)21-16(22)24)6-10(19)14(18)23(15)25/h4-7H,1-3H3. The fraction of sp³-hybridized carbons (Fsp3) is 0.250. The highest BCUT2D eigenvalue weighted by atomic mass is 35.5. The maximum Gasteiger partial charge on any atom is 0.441 e. The lowest BCUT2D eigenvalue weighted by Crippen LogP contribution is -2.38. The third-order valence-corrected chi connectivity index (χ3v) is 4.45. The van der Waals surface area contributed by atoms with Crippen LogP contribution in [-0.2, 0) is 0 Å². The number of fused-ring (bicyclic) bond motifs is 1. The zero-order valence-corrected chi connectivity index (χ0v) is 15.1. The van der Waals surface area contributed by atoms with E-state index >= 15 is 0 Å². The molecule has 0 aliphatic carbocycles. The Morgan fingerprint density at radius 1 is 1.36 bits per heavy atom. The molecule has 0 saturated carbocycles. The number of aromatic nitrogens is 4. The van der Waals surface area contributed by atoms with Crippen molar-refractivity contribution in [2.24, 2.45) is 0 Å². The maximum atomic E-state index is 13.9. The molecule has 0 N–H and O–H groups in total. The summed E-state index contributed by atoms with van der Waals surface area (Å²) >= 11 is 11.7. The molecular formula is C16H13Cl2FN4O2. The molecule has 9 heteroatoms. The van der Waals surface area contributed by atoms with Gasteiger partial charge in [0.05, 0.1) is 5.69 Å². The minimum atomic E-state index is -0.954. The Morgan fingerprint density at radius 3 is 2.68 bits per heavy atom. The smallest absolute Gasteiger partial charge is 0.441 e. The minimum Gasteiger partial charge on any atom is -0.709 e.